The molecule has 5 heterocycles. The van der Waals surface area contributed by atoms with Gasteiger partial charge in [0.2, 0.25) is 0 Å². The molecule has 6 rings (SSSR count). The van der Waals surface area contributed by atoms with Crippen LogP contribution in [0.1, 0.15) is 36.1 Å². The van der Waals surface area contributed by atoms with Gasteiger partial charge < -0.3 is 9.84 Å². The monoisotopic (exact) mass is 431 g/mol. The van der Waals surface area contributed by atoms with Crippen LogP contribution < -0.4 is 4.90 Å². The number of aromatic nitrogens is 1. The summed E-state index contributed by atoms with van der Waals surface area (Å²) in [5, 5.41) is 11.2. The Balaban J connectivity index is 1.48. The minimum atomic E-state index is -0.963. The molecule has 1 aromatic carbocycles. The van der Waals surface area contributed by atoms with Gasteiger partial charge in [0.05, 0.1) is 5.69 Å². The van der Waals surface area contributed by atoms with Gasteiger partial charge in [-0.05, 0) is 43.6 Å². The summed E-state index contributed by atoms with van der Waals surface area (Å²) in [6.45, 7) is 3.31. The van der Waals surface area contributed by atoms with Crippen molar-refractivity contribution in [2.24, 2.45) is 5.92 Å². The van der Waals surface area contributed by atoms with E-state index in [1.807, 2.05) is 30.3 Å². The predicted octanol–water partition coefficient (Wildman–Crippen LogP) is 2.23. The van der Waals surface area contributed by atoms with E-state index in [4.69, 9.17) is 9.72 Å². The summed E-state index contributed by atoms with van der Waals surface area (Å²) < 4.78 is 5.29. The molecule has 1 aromatic heterocycles. The molecule has 4 fully saturated rings. The van der Waals surface area contributed by atoms with E-state index in [2.05, 4.69) is 28.9 Å². The molecule has 4 aliphatic rings. The highest BCUT2D eigenvalue weighted by Gasteiger charge is 2.44. The maximum Gasteiger partial charge on any atom is 0.257 e. The van der Waals surface area contributed by atoms with Crippen molar-refractivity contribution in [2.75, 3.05) is 38.2 Å². The number of fused-ring (bicyclic) bond motifs is 3. The molecule has 32 heavy (non-hydrogen) atoms. The molecule has 1 amide bonds. The highest BCUT2D eigenvalue weighted by molar-refractivity contribution is 5.98. The van der Waals surface area contributed by atoms with Gasteiger partial charge in [-0.25, -0.2) is 4.98 Å². The van der Waals surface area contributed by atoms with Crippen LogP contribution in [-0.2, 0) is 16.0 Å². The fourth-order valence-electron chi connectivity index (χ4n) is 5.13. The normalized spacial score (nSPS) is 29.1. The second-order valence-electron chi connectivity index (χ2n) is 9.05. The fraction of sp³-hybridized carbons (Fsp3) is 0.462. The number of carbonyl (C=O) groups is 1. The van der Waals surface area contributed by atoms with E-state index >= 15 is 0 Å². The Bertz CT molecular complexity index is 1050. The molecular weight excluding hydrogens is 402 g/mol. The fourth-order valence-corrected chi connectivity index (χ4v) is 5.13. The number of anilines is 1. The Morgan fingerprint density at radius 3 is 2.56 bits per heavy atom. The summed E-state index contributed by atoms with van der Waals surface area (Å²) in [5.41, 5.74) is 1.79. The topological polar surface area (TPSA) is 65.9 Å². The summed E-state index contributed by atoms with van der Waals surface area (Å²) in [6.07, 6.45) is 2.87. The van der Waals surface area contributed by atoms with Crippen molar-refractivity contribution < 1.29 is 14.6 Å². The summed E-state index contributed by atoms with van der Waals surface area (Å²) in [5.74, 6) is 7.29. The molecule has 6 heteroatoms. The van der Waals surface area contributed by atoms with E-state index in [-0.39, 0.29) is 11.8 Å². The van der Waals surface area contributed by atoms with Crippen LogP contribution in [0.4, 0.5) is 5.82 Å². The lowest BCUT2D eigenvalue weighted by Crippen LogP contribution is -2.58. The zero-order valence-corrected chi connectivity index (χ0v) is 18.5. The highest BCUT2D eigenvalue weighted by Crippen LogP contribution is 2.35. The van der Waals surface area contributed by atoms with Crippen molar-refractivity contribution in [3.05, 3.63) is 59.3 Å². The van der Waals surface area contributed by atoms with Crippen LogP contribution in [0.15, 0.2) is 42.5 Å². The van der Waals surface area contributed by atoms with E-state index in [1.165, 1.54) is 0 Å². The van der Waals surface area contributed by atoms with Gasteiger partial charge in [-0.3, -0.25) is 14.6 Å². The van der Waals surface area contributed by atoms with Crippen LogP contribution in [0.25, 0.3) is 0 Å². The van der Waals surface area contributed by atoms with Gasteiger partial charge in [0.25, 0.3) is 5.91 Å². The number of rotatable bonds is 4. The molecule has 0 radical (unpaired) electrons. The highest BCUT2D eigenvalue weighted by atomic mass is 16.5. The maximum absolute atomic E-state index is 12.6. The number of amides is 1. The lowest BCUT2D eigenvalue weighted by molar-refractivity contribution is -0.125. The molecular formula is C26H29N3O3. The van der Waals surface area contributed by atoms with Gasteiger partial charge in [0.15, 0.2) is 0 Å². The zero-order valence-electron chi connectivity index (χ0n) is 18.5. The summed E-state index contributed by atoms with van der Waals surface area (Å²) in [7, 11) is 1.57. The minimum absolute atomic E-state index is 0.0499. The van der Waals surface area contributed by atoms with Crippen LogP contribution in [0.5, 0.6) is 0 Å². The molecule has 2 aromatic rings. The van der Waals surface area contributed by atoms with Gasteiger partial charge in [0, 0.05) is 44.5 Å². The number of carbonyl (C=O) groups excluding carboxylic acids is 1. The van der Waals surface area contributed by atoms with E-state index in [1.54, 1.807) is 12.0 Å². The Hall–Kier alpha value is -2.72. The third kappa shape index (κ3) is 4.04. The quantitative estimate of drug-likeness (QED) is 0.752. The third-order valence-corrected chi connectivity index (χ3v) is 7.03. The second kappa shape index (κ2) is 8.67. The lowest BCUT2D eigenvalue weighted by atomic mass is 9.75. The molecule has 2 bridgehead atoms. The Labute approximate surface area is 189 Å². The van der Waals surface area contributed by atoms with Crippen LogP contribution in [0.2, 0.25) is 0 Å². The molecule has 166 valence electrons. The summed E-state index contributed by atoms with van der Waals surface area (Å²) in [6, 6.07) is 13.9. The van der Waals surface area contributed by atoms with Gasteiger partial charge >= 0.3 is 0 Å². The number of nitrogens with zero attached hydrogens (tertiary/aromatic N) is 3. The minimum Gasteiger partial charge on any atom is -0.376 e. The van der Waals surface area contributed by atoms with Crippen molar-refractivity contribution in [1.82, 2.24) is 9.88 Å². The zero-order chi connectivity index (χ0) is 22.1. The Morgan fingerprint density at radius 1 is 1.12 bits per heavy atom. The SMILES string of the molecule is CO[C@@H]1CCN(c2ccc(C#C[C@@]3(O)CN4CCC3CC4)c(Cc3ccccc3)n2)C1=O. The second-order valence-corrected chi connectivity index (χ2v) is 9.05. The third-order valence-electron chi connectivity index (χ3n) is 7.03. The van der Waals surface area contributed by atoms with Gasteiger partial charge in [-0.2, -0.15) is 0 Å². The number of aliphatic hydroxyl groups is 1. The van der Waals surface area contributed by atoms with Crippen molar-refractivity contribution in [3.8, 4) is 11.8 Å². The predicted molar refractivity (Wildman–Crippen MR) is 122 cm³/mol. The summed E-state index contributed by atoms with van der Waals surface area (Å²) in [4.78, 5) is 21.5. The van der Waals surface area contributed by atoms with E-state index < -0.39 is 11.7 Å². The van der Waals surface area contributed by atoms with Crippen LogP contribution in [-0.4, -0.2) is 65.9 Å². The Morgan fingerprint density at radius 2 is 1.91 bits per heavy atom. The molecule has 0 spiro atoms. The average Bonchev–Trinajstić information content (AvgIpc) is 3.20. The number of methoxy groups -OCH3 is 1. The molecule has 4 saturated heterocycles. The Kier molecular flexibility index (Phi) is 5.73. The standard InChI is InChI=1S/C26H29N3O3/c1-32-23-12-16-29(25(23)30)24-8-7-20(22(27-24)17-19-5-3-2-4-6-19)9-13-26(31)18-28-14-10-21(26)11-15-28/h2-8,21,23,31H,10-12,14-18H2,1H3/t23-,26-/m1/s1. The largest absolute Gasteiger partial charge is 0.376 e. The number of ether oxygens (including phenoxy) is 1. The molecule has 0 unspecified atom stereocenters. The molecule has 0 saturated carbocycles. The maximum atomic E-state index is 12.6. The first-order valence-corrected chi connectivity index (χ1v) is 11.4. The summed E-state index contributed by atoms with van der Waals surface area (Å²) >= 11 is 0. The molecule has 4 aliphatic heterocycles. The van der Waals surface area contributed by atoms with Crippen LogP contribution in [0, 0.1) is 17.8 Å². The van der Waals surface area contributed by atoms with Gasteiger partial charge in [0.1, 0.15) is 17.5 Å². The van der Waals surface area contributed by atoms with Crippen molar-refractivity contribution >= 4 is 11.7 Å². The van der Waals surface area contributed by atoms with E-state index in [9.17, 15) is 9.90 Å². The molecule has 0 aliphatic carbocycles. The van der Waals surface area contributed by atoms with Crippen LogP contribution in [0.3, 0.4) is 0 Å². The van der Waals surface area contributed by atoms with E-state index in [0.29, 0.717) is 31.7 Å². The van der Waals surface area contributed by atoms with E-state index in [0.717, 1.165) is 42.8 Å². The van der Waals surface area contributed by atoms with Gasteiger partial charge in [-0.15, -0.1) is 0 Å². The van der Waals surface area contributed by atoms with Crippen LogP contribution >= 0.6 is 0 Å². The number of hydrogen-bond donors (Lipinski definition) is 1. The lowest BCUT2D eigenvalue weighted by Gasteiger charge is -2.47. The van der Waals surface area contributed by atoms with Crippen molar-refractivity contribution in [1.29, 1.82) is 0 Å². The first kappa shape index (κ1) is 21.1. The number of piperidine rings is 3. The molecule has 2 atom stereocenters. The smallest absolute Gasteiger partial charge is 0.257 e. The average molecular weight is 432 g/mol. The molecule has 6 nitrogen and oxygen atoms in total. The first-order chi connectivity index (χ1) is 15.6. The van der Waals surface area contributed by atoms with Crippen molar-refractivity contribution in [2.45, 2.75) is 37.4 Å². The van der Waals surface area contributed by atoms with Gasteiger partial charge in [-0.1, -0.05) is 42.2 Å². The number of benzene rings is 1. The number of pyridine rings is 1. The molecule has 1 N–H and O–H groups in total. The number of hydrogen-bond acceptors (Lipinski definition) is 5. The van der Waals surface area contributed by atoms with Crippen molar-refractivity contribution in [3.63, 3.8) is 0 Å². The first-order valence-electron chi connectivity index (χ1n) is 11.4.